The van der Waals surface area contributed by atoms with E-state index in [4.69, 9.17) is 0 Å². The molecule has 3 heteroatoms. The van der Waals surface area contributed by atoms with Crippen LogP contribution in [0.5, 0.6) is 0 Å². The van der Waals surface area contributed by atoms with Crippen LogP contribution in [-0.2, 0) is 6.54 Å². The Labute approximate surface area is 83.8 Å². The molecule has 1 fully saturated rings. The van der Waals surface area contributed by atoms with Gasteiger partial charge in [0.15, 0.2) is 0 Å². The average molecular weight is 194 g/mol. The second kappa shape index (κ2) is 4.51. The van der Waals surface area contributed by atoms with Gasteiger partial charge in [0.2, 0.25) is 0 Å². The van der Waals surface area contributed by atoms with E-state index in [0.29, 0.717) is 12.8 Å². The third-order valence-electron chi connectivity index (χ3n) is 2.65. The highest BCUT2D eigenvalue weighted by atomic mass is 19.1. The lowest BCUT2D eigenvalue weighted by Gasteiger charge is -2.28. The maximum absolute atomic E-state index is 12.9. The summed E-state index contributed by atoms with van der Waals surface area (Å²) in [5, 5.41) is 0. The number of hydrogen-bond acceptors (Lipinski definition) is 2. The van der Waals surface area contributed by atoms with Gasteiger partial charge in [0.25, 0.3) is 0 Å². The van der Waals surface area contributed by atoms with Crippen LogP contribution in [0, 0.1) is 0 Å². The number of alkyl halides is 1. The highest BCUT2D eigenvalue weighted by Gasteiger charge is 2.17. The molecule has 0 spiro atoms. The first-order valence-corrected chi connectivity index (χ1v) is 5.10. The summed E-state index contributed by atoms with van der Waals surface area (Å²) in [6.07, 6.45) is 4.43. The number of pyridine rings is 1. The van der Waals surface area contributed by atoms with Gasteiger partial charge in [-0.2, -0.15) is 0 Å². The Hall–Kier alpha value is -0.960. The van der Waals surface area contributed by atoms with Gasteiger partial charge in [-0.05, 0) is 24.5 Å². The molecule has 2 rings (SSSR count). The topological polar surface area (TPSA) is 16.1 Å². The molecule has 1 aromatic rings. The summed E-state index contributed by atoms with van der Waals surface area (Å²) in [5.74, 6) is 0. The Balaban J connectivity index is 1.87. The molecule has 2 heterocycles. The largest absolute Gasteiger partial charge is 0.299 e. The predicted octanol–water partition coefficient (Wildman–Crippen LogP) is 2.02. The Morgan fingerprint density at radius 2 is 2.21 bits per heavy atom. The molecule has 1 aliphatic rings. The second-order valence-corrected chi connectivity index (χ2v) is 3.81. The molecule has 0 unspecified atom stereocenters. The molecule has 1 aromatic heterocycles. The lowest BCUT2D eigenvalue weighted by Crippen LogP contribution is -2.33. The number of halogens is 1. The second-order valence-electron chi connectivity index (χ2n) is 3.81. The van der Waals surface area contributed by atoms with Crippen LogP contribution in [0.4, 0.5) is 4.39 Å². The van der Waals surface area contributed by atoms with E-state index in [2.05, 4.69) is 16.0 Å². The van der Waals surface area contributed by atoms with Crippen LogP contribution in [0.1, 0.15) is 18.4 Å². The molecule has 0 atom stereocenters. The summed E-state index contributed by atoms with van der Waals surface area (Å²) in [6.45, 7) is 2.65. The van der Waals surface area contributed by atoms with E-state index in [-0.39, 0.29) is 0 Å². The molecular weight excluding hydrogens is 179 g/mol. The van der Waals surface area contributed by atoms with Gasteiger partial charge in [0.1, 0.15) is 6.17 Å². The maximum atomic E-state index is 12.9. The Morgan fingerprint density at radius 1 is 1.43 bits per heavy atom. The fourth-order valence-electron chi connectivity index (χ4n) is 1.81. The van der Waals surface area contributed by atoms with Crippen molar-refractivity contribution in [3.63, 3.8) is 0 Å². The van der Waals surface area contributed by atoms with Gasteiger partial charge in [0.05, 0.1) is 0 Å². The van der Waals surface area contributed by atoms with Crippen molar-refractivity contribution in [1.82, 2.24) is 9.88 Å². The van der Waals surface area contributed by atoms with Crippen molar-refractivity contribution in [3.8, 4) is 0 Å². The molecule has 0 aliphatic carbocycles. The smallest absolute Gasteiger partial charge is 0.103 e. The van der Waals surface area contributed by atoms with Crippen molar-refractivity contribution in [2.45, 2.75) is 25.6 Å². The average Bonchev–Trinajstić information content (AvgIpc) is 2.23. The Morgan fingerprint density at radius 3 is 2.86 bits per heavy atom. The number of hydrogen-bond donors (Lipinski definition) is 0. The fourth-order valence-corrected chi connectivity index (χ4v) is 1.81. The van der Waals surface area contributed by atoms with E-state index in [9.17, 15) is 4.39 Å². The number of rotatable bonds is 2. The molecule has 2 nitrogen and oxygen atoms in total. The predicted molar refractivity (Wildman–Crippen MR) is 53.6 cm³/mol. The number of aromatic nitrogens is 1. The van der Waals surface area contributed by atoms with Crippen molar-refractivity contribution in [3.05, 3.63) is 30.1 Å². The molecule has 14 heavy (non-hydrogen) atoms. The fraction of sp³-hybridized carbons (Fsp3) is 0.545. The molecule has 0 saturated carbocycles. The normalized spacial score (nSPS) is 19.8. The van der Waals surface area contributed by atoms with Crippen LogP contribution in [0.3, 0.4) is 0 Å². The summed E-state index contributed by atoms with van der Waals surface area (Å²) in [7, 11) is 0. The van der Waals surface area contributed by atoms with Crippen molar-refractivity contribution in [2.75, 3.05) is 13.1 Å². The van der Waals surface area contributed by atoms with Gasteiger partial charge < -0.3 is 0 Å². The quantitative estimate of drug-likeness (QED) is 0.716. The van der Waals surface area contributed by atoms with Crippen LogP contribution in [0.2, 0.25) is 0 Å². The van der Waals surface area contributed by atoms with Crippen LogP contribution in [0.25, 0.3) is 0 Å². The SMILES string of the molecule is FC1CCN(Cc2cccnc2)CC1. The van der Waals surface area contributed by atoms with Gasteiger partial charge in [-0.25, -0.2) is 4.39 Å². The Kier molecular flexibility index (Phi) is 3.09. The summed E-state index contributed by atoms with van der Waals surface area (Å²) in [4.78, 5) is 6.35. The minimum Gasteiger partial charge on any atom is -0.299 e. The Bertz CT molecular complexity index is 268. The van der Waals surface area contributed by atoms with E-state index in [1.165, 1.54) is 5.56 Å². The zero-order valence-corrected chi connectivity index (χ0v) is 8.19. The van der Waals surface area contributed by atoms with Crippen molar-refractivity contribution in [2.24, 2.45) is 0 Å². The third-order valence-corrected chi connectivity index (χ3v) is 2.65. The van der Waals surface area contributed by atoms with Crippen molar-refractivity contribution >= 4 is 0 Å². The monoisotopic (exact) mass is 194 g/mol. The molecule has 0 radical (unpaired) electrons. The minimum atomic E-state index is -0.583. The molecule has 0 aromatic carbocycles. The minimum absolute atomic E-state index is 0.583. The first-order chi connectivity index (χ1) is 6.84. The number of likely N-dealkylation sites (tertiary alicyclic amines) is 1. The lowest BCUT2D eigenvalue weighted by molar-refractivity contribution is 0.145. The van der Waals surface area contributed by atoms with E-state index in [1.807, 2.05) is 12.3 Å². The van der Waals surface area contributed by atoms with Gasteiger partial charge in [0, 0.05) is 32.0 Å². The van der Waals surface area contributed by atoms with E-state index < -0.39 is 6.17 Å². The van der Waals surface area contributed by atoms with Crippen LogP contribution in [-0.4, -0.2) is 29.1 Å². The van der Waals surface area contributed by atoms with Crippen LogP contribution < -0.4 is 0 Å². The molecule has 0 N–H and O–H groups in total. The van der Waals surface area contributed by atoms with Gasteiger partial charge in [-0.3, -0.25) is 9.88 Å². The zero-order chi connectivity index (χ0) is 9.80. The van der Waals surface area contributed by atoms with E-state index in [1.54, 1.807) is 6.20 Å². The number of nitrogens with zero attached hydrogens (tertiary/aromatic N) is 2. The van der Waals surface area contributed by atoms with Crippen LogP contribution in [0.15, 0.2) is 24.5 Å². The number of piperidine rings is 1. The summed E-state index contributed by atoms with van der Waals surface area (Å²) in [5.41, 5.74) is 1.21. The molecule has 76 valence electrons. The highest BCUT2D eigenvalue weighted by molar-refractivity contribution is 5.08. The first kappa shape index (κ1) is 9.59. The molecule has 0 bridgehead atoms. The van der Waals surface area contributed by atoms with Crippen molar-refractivity contribution < 1.29 is 4.39 Å². The molecule has 0 amide bonds. The van der Waals surface area contributed by atoms with Gasteiger partial charge in [-0.15, -0.1) is 0 Å². The third kappa shape index (κ3) is 2.51. The van der Waals surface area contributed by atoms with Gasteiger partial charge >= 0.3 is 0 Å². The molecule has 1 aliphatic heterocycles. The van der Waals surface area contributed by atoms with Crippen molar-refractivity contribution in [1.29, 1.82) is 0 Å². The summed E-state index contributed by atoms with van der Waals surface area (Å²) in [6, 6.07) is 4.01. The van der Waals surface area contributed by atoms with Gasteiger partial charge in [-0.1, -0.05) is 6.07 Å². The first-order valence-electron chi connectivity index (χ1n) is 5.10. The van der Waals surface area contributed by atoms with E-state index >= 15 is 0 Å². The van der Waals surface area contributed by atoms with E-state index in [0.717, 1.165) is 19.6 Å². The molecule has 1 saturated heterocycles. The summed E-state index contributed by atoms with van der Waals surface area (Å²) >= 11 is 0. The zero-order valence-electron chi connectivity index (χ0n) is 8.19. The highest BCUT2D eigenvalue weighted by Crippen LogP contribution is 2.15. The lowest BCUT2D eigenvalue weighted by atomic mass is 10.1. The maximum Gasteiger partial charge on any atom is 0.103 e. The standard InChI is InChI=1S/C11H15FN2/c12-11-3-6-14(7-4-11)9-10-2-1-5-13-8-10/h1-2,5,8,11H,3-4,6-7,9H2. The van der Waals surface area contributed by atoms with Crippen LogP contribution >= 0.6 is 0 Å². The summed E-state index contributed by atoms with van der Waals surface area (Å²) < 4.78 is 12.9. The molecular formula is C11H15FN2.